The number of hydrogen-bond donors (Lipinski definition) is 1. The third-order valence-corrected chi connectivity index (χ3v) is 4.66. The lowest BCUT2D eigenvalue weighted by atomic mass is 10.1. The molecule has 2 rings (SSSR count). The van der Waals surface area contributed by atoms with Crippen LogP contribution < -0.4 is 14.8 Å². The van der Waals surface area contributed by atoms with Crippen LogP contribution in [0.4, 0.5) is 0 Å². The highest BCUT2D eigenvalue weighted by Crippen LogP contribution is 2.27. The molecular weight excluding hydrogens is 338 g/mol. The van der Waals surface area contributed by atoms with E-state index in [-0.39, 0.29) is 0 Å². The Labute approximate surface area is 132 Å². The fraction of sp³-hybridized carbons (Fsp3) is 0.333. The number of ether oxygens (including phenoxy) is 2. The van der Waals surface area contributed by atoms with E-state index in [9.17, 15) is 0 Å². The van der Waals surface area contributed by atoms with E-state index in [2.05, 4.69) is 38.8 Å². The summed E-state index contributed by atoms with van der Waals surface area (Å²) >= 11 is 5.23. The Bertz CT molecular complexity index is 557. The minimum absolute atomic E-state index is 0.771. The van der Waals surface area contributed by atoms with E-state index < -0.39 is 0 Å². The van der Waals surface area contributed by atoms with Crippen molar-refractivity contribution >= 4 is 27.3 Å². The van der Waals surface area contributed by atoms with Gasteiger partial charge in [-0.15, -0.1) is 11.3 Å². The van der Waals surface area contributed by atoms with Gasteiger partial charge < -0.3 is 14.8 Å². The zero-order valence-electron chi connectivity index (χ0n) is 11.6. The van der Waals surface area contributed by atoms with Crippen molar-refractivity contribution in [3.63, 3.8) is 0 Å². The maximum absolute atomic E-state index is 5.31. The largest absolute Gasteiger partial charge is 0.493 e. The number of benzene rings is 1. The van der Waals surface area contributed by atoms with Crippen LogP contribution in [0, 0.1) is 0 Å². The third-order valence-electron chi connectivity index (χ3n) is 2.96. The lowest BCUT2D eigenvalue weighted by Gasteiger charge is -2.09. The first-order valence-electron chi connectivity index (χ1n) is 6.37. The smallest absolute Gasteiger partial charge is 0.160 e. The summed E-state index contributed by atoms with van der Waals surface area (Å²) in [5.41, 5.74) is 1.24. The molecule has 0 saturated carbocycles. The number of halogens is 1. The molecule has 1 aromatic carbocycles. The van der Waals surface area contributed by atoms with E-state index in [0.29, 0.717) is 0 Å². The van der Waals surface area contributed by atoms with Gasteiger partial charge in [0, 0.05) is 21.3 Å². The third kappa shape index (κ3) is 4.23. The van der Waals surface area contributed by atoms with Gasteiger partial charge in [0.1, 0.15) is 0 Å². The van der Waals surface area contributed by atoms with Gasteiger partial charge in [-0.05, 0) is 52.7 Å². The predicted molar refractivity (Wildman–Crippen MR) is 87.0 cm³/mol. The lowest BCUT2D eigenvalue weighted by molar-refractivity contribution is 0.354. The van der Waals surface area contributed by atoms with E-state index in [1.807, 2.05) is 12.1 Å². The van der Waals surface area contributed by atoms with Crippen LogP contribution in [0.2, 0.25) is 0 Å². The van der Waals surface area contributed by atoms with E-state index in [1.54, 1.807) is 25.6 Å². The van der Waals surface area contributed by atoms with Gasteiger partial charge in [-0.25, -0.2) is 0 Å². The number of rotatable bonds is 7. The Morgan fingerprint density at radius 3 is 2.60 bits per heavy atom. The summed E-state index contributed by atoms with van der Waals surface area (Å²) in [6.45, 7) is 1.84. The van der Waals surface area contributed by atoms with Crippen LogP contribution >= 0.6 is 27.3 Å². The first-order chi connectivity index (χ1) is 9.72. The van der Waals surface area contributed by atoms with Gasteiger partial charge in [0.05, 0.1) is 14.2 Å². The van der Waals surface area contributed by atoms with Crippen molar-refractivity contribution < 1.29 is 9.47 Å². The van der Waals surface area contributed by atoms with E-state index in [0.717, 1.165) is 35.5 Å². The van der Waals surface area contributed by atoms with Crippen LogP contribution in [0.3, 0.4) is 0 Å². The molecule has 0 bridgehead atoms. The topological polar surface area (TPSA) is 30.5 Å². The van der Waals surface area contributed by atoms with Crippen LogP contribution in [0.25, 0.3) is 0 Å². The molecule has 108 valence electrons. The van der Waals surface area contributed by atoms with Crippen LogP contribution in [0.1, 0.15) is 10.4 Å². The summed E-state index contributed by atoms with van der Waals surface area (Å²) in [4.78, 5) is 1.34. The number of thiophene rings is 1. The van der Waals surface area contributed by atoms with Crippen LogP contribution in [-0.4, -0.2) is 20.8 Å². The molecule has 1 aromatic heterocycles. The zero-order chi connectivity index (χ0) is 14.4. The Morgan fingerprint density at radius 1 is 1.15 bits per heavy atom. The zero-order valence-corrected chi connectivity index (χ0v) is 14.0. The molecule has 3 nitrogen and oxygen atoms in total. The van der Waals surface area contributed by atoms with Crippen molar-refractivity contribution in [2.75, 3.05) is 20.8 Å². The van der Waals surface area contributed by atoms with E-state index in [1.165, 1.54) is 10.4 Å². The van der Waals surface area contributed by atoms with Crippen molar-refractivity contribution in [1.82, 2.24) is 5.32 Å². The monoisotopic (exact) mass is 355 g/mol. The molecule has 0 radical (unpaired) electrons. The fourth-order valence-corrected chi connectivity index (χ4v) is 3.35. The van der Waals surface area contributed by atoms with E-state index in [4.69, 9.17) is 9.47 Å². The molecule has 0 unspecified atom stereocenters. The number of methoxy groups -OCH3 is 2. The Balaban J connectivity index is 1.82. The van der Waals surface area contributed by atoms with Crippen molar-refractivity contribution in [3.8, 4) is 11.5 Å². The van der Waals surface area contributed by atoms with Crippen molar-refractivity contribution in [2.24, 2.45) is 0 Å². The Hall–Kier alpha value is -1.04. The summed E-state index contributed by atoms with van der Waals surface area (Å²) < 4.78 is 11.7. The molecule has 0 saturated heterocycles. The van der Waals surface area contributed by atoms with E-state index >= 15 is 0 Å². The summed E-state index contributed by atoms with van der Waals surface area (Å²) in [6.07, 6.45) is 0.965. The van der Waals surface area contributed by atoms with Crippen molar-refractivity contribution in [3.05, 3.63) is 44.6 Å². The average Bonchev–Trinajstić information content (AvgIpc) is 2.89. The molecule has 0 spiro atoms. The minimum atomic E-state index is 0.771. The SMILES string of the molecule is COc1ccc(CCNCc2cc(Br)cs2)cc1OC. The highest BCUT2D eigenvalue weighted by Gasteiger charge is 2.04. The fourth-order valence-electron chi connectivity index (χ4n) is 1.93. The average molecular weight is 356 g/mol. The van der Waals surface area contributed by atoms with Crippen molar-refractivity contribution in [2.45, 2.75) is 13.0 Å². The van der Waals surface area contributed by atoms with Gasteiger partial charge >= 0.3 is 0 Å². The summed E-state index contributed by atoms with van der Waals surface area (Å²) in [5, 5.41) is 5.55. The Morgan fingerprint density at radius 2 is 1.95 bits per heavy atom. The highest BCUT2D eigenvalue weighted by atomic mass is 79.9. The van der Waals surface area contributed by atoms with Gasteiger partial charge in [0.25, 0.3) is 0 Å². The summed E-state index contributed by atoms with van der Waals surface area (Å²) in [7, 11) is 3.31. The molecular formula is C15H18BrNO2S. The first-order valence-corrected chi connectivity index (χ1v) is 8.04. The van der Waals surface area contributed by atoms with Crippen LogP contribution in [0.5, 0.6) is 11.5 Å². The second kappa shape index (κ2) is 7.67. The molecule has 20 heavy (non-hydrogen) atoms. The lowest BCUT2D eigenvalue weighted by Crippen LogP contribution is -2.15. The molecule has 0 aliphatic rings. The number of hydrogen-bond acceptors (Lipinski definition) is 4. The normalized spacial score (nSPS) is 10.6. The van der Waals surface area contributed by atoms with Crippen LogP contribution in [-0.2, 0) is 13.0 Å². The molecule has 1 heterocycles. The van der Waals surface area contributed by atoms with Crippen LogP contribution in [0.15, 0.2) is 34.1 Å². The predicted octanol–water partition coefficient (Wildman–Crippen LogP) is 3.86. The second-order valence-electron chi connectivity index (χ2n) is 4.35. The molecule has 0 aliphatic carbocycles. The Kier molecular flexibility index (Phi) is 5.88. The maximum atomic E-state index is 5.31. The standard InChI is InChI=1S/C15H18BrNO2S/c1-18-14-4-3-11(7-15(14)19-2)5-6-17-9-13-8-12(16)10-20-13/h3-4,7-8,10,17H,5-6,9H2,1-2H3. The highest BCUT2D eigenvalue weighted by molar-refractivity contribution is 9.10. The van der Waals surface area contributed by atoms with Gasteiger partial charge in [-0.2, -0.15) is 0 Å². The number of nitrogens with one attached hydrogen (secondary N) is 1. The molecule has 0 aliphatic heterocycles. The van der Waals surface area contributed by atoms with Crippen molar-refractivity contribution in [1.29, 1.82) is 0 Å². The van der Waals surface area contributed by atoms with Gasteiger partial charge in [-0.1, -0.05) is 6.07 Å². The molecule has 0 fully saturated rings. The maximum Gasteiger partial charge on any atom is 0.160 e. The van der Waals surface area contributed by atoms with Gasteiger partial charge in [0.2, 0.25) is 0 Å². The minimum Gasteiger partial charge on any atom is -0.493 e. The molecule has 0 amide bonds. The summed E-state index contributed by atoms with van der Waals surface area (Å²) in [5.74, 6) is 1.56. The molecule has 1 N–H and O–H groups in total. The molecule has 0 atom stereocenters. The van der Waals surface area contributed by atoms with Gasteiger partial charge in [0.15, 0.2) is 11.5 Å². The molecule has 2 aromatic rings. The first kappa shape index (κ1) is 15.4. The van der Waals surface area contributed by atoms with Gasteiger partial charge in [-0.3, -0.25) is 0 Å². The summed E-state index contributed by atoms with van der Waals surface area (Å²) in [6, 6.07) is 8.20. The molecule has 5 heteroatoms. The quantitative estimate of drug-likeness (QED) is 0.765. The second-order valence-corrected chi connectivity index (χ2v) is 6.26.